The van der Waals surface area contributed by atoms with E-state index < -0.39 is 10.7 Å². The molecule has 0 spiro atoms. The summed E-state index contributed by atoms with van der Waals surface area (Å²) in [6.45, 7) is 0. The van der Waals surface area contributed by atoms with E-state index in [9.17, 15) is 19.8 Å². The molecular weight excluding hydrogens is 394 g/mol. The van der Waals surface area contributed by atoms with Gasteiger partial charge in [0, 0.05) is 17.2 Å². The normalized spacial score (nSPS) is 11.3. The number of halogens is 3. The van der Waals surface area contributed by atoms with Crippen molar-refractivity contribution in [2.24, 2.45) is 0 Å². The summed E-state index contributed by atoms with van der Waals surface area (Å²) >= 11 is 11.9. The van der Waals surface area contributed by atoms with E-state index >= 15 is 0 Å². The molecule has 0 fully saturated rings. The van der Waals surface area contributed by atoms with Crippen molar-refractivity contribution in [3.8, 4) is 17.4 Å². The zero-order chi connectivity index (χ0) is 19.6. The second kappa shape index (κ2) is 7.62. The lowest BCUT2D eigenvalue weighted by molar-refractivity contribution is -0.384. The van der Waals surface area contributed by atoms with Gasteiger partial charge >= 0.3 is 0 Å². The Morgan fingerprint density at radius 3 is 2.59 bits per heavy atom. The van der Waals surface area contributed by atoms with Crippen LogP contribution in [0.25, 0.3) is 23.0 Å². The van der Waals surface area contributed by atoms with Crippen molar-refractivity contribution >= 4 is 40.5 Å². The molecule has 1 heterocycles. The fourth-order valence-corrected chi connectivity index (χ4v) is 2.98. The van der Waals surface area contributed by atoms with Crippen molar-refractivity contribution in [2.45, 2.75) is 0 Å². The molecule has 0 amide bonds. The summed E-state index contributed by atoms with van der Waals surface area (Å²) in [7, 11) is 0. The molecule has 0 unspecified atom stereocenters. The fraction of sp³-hybridized carbons (Fsp3) is 0. The Morgan fingerprint density at radius 1 is 1.19 bits per heavy atom. The molecule has 0 N–H and O–H groups in total. The molecule has 0 bridgehead atoms. The minimum Gasteiger partial charge on any atom is -0.457 e. The molecule has 0 radical (unpaired) electrons. The molecule has 1 aromatic heterocycles. The van der Waals surface area contributed by atoms with Gasteiger partial charge in [-0.1, -0.05) is 41.4 Å². The number of nitriles is 1. The van der Waals surface area contributed by atoms with Crippen LogP contribution >= 0.6 is 23.2 Å². The van der Waals surface area contributed by atoms with Crippen LogP contribution in [0.15, 0.2) is 52.9 Å². The number of furan rings is 1. The number of allylic oxidation sites excluding steroid dienone is 1. The second-order valence-electron chi connectivity index (χ2n) is 5.39. The molecule has 0 aliphatic carbocycles. The van der Waals surface area contributed by atoms with Crippen LogP contribution in [0.4, 0.5) is 10.1 Å². The van der Waals surface area contributed by atoms with Crippen LogP contribution in [-0.4, -0.2) is 4.92 Å². The van der Waals surface area contributed by atoms with Crippen LogP contribution in [0.5, 0.6) is 0 Å². The Morgan fingerprint density at radius 2 is 1.93 bits per heavy atom. The highest BCUT2D eigenvalue weighted by Gasteiger charge is 2.19. The third-order valence-electron chi connectivity index (χ3n) is 3.70. The van der Waals surface area contributed by atoms with Crippen LogP contribution in [0.2, 0.25) is 10.0 Å². The summed E-state index contributed by atoms with van der Waals surface area (Å²) < 4.78 is 19.5. The van der Waals surface area contributed by atoms with E-state index in [0.717, 1.165) is 0 Å². The Kier molecular flexibility index (Phi) is 5.26. The van der Waals surface area contributed by atoms with Crippen molar-refractivity contribution < 1.29 is 13.7 Å². The maximum absolute atomic E-state index is 13.9. The average molecular weight is 403 g/mol. The highest BCUT2D eigenvalue weighted by atomic mass is 35.5. The lowest BCUT2D eigenvalue weighted by atomic mass is 10.1. The number of benzene rings is 2. The number of nitro benzene ring substituents is 1. The van der Waals surface area contributed by atoms with Crippen molar-refractivity contribution in [1.29, 1.82) is 5.26 Å². The molecule has 3 aromatic rings. The first kappa shape index (κ1) is 18.6. The van der Waals surface area contributed by atoms with Crippen LogP contribution in [0.1, 0.15) is 11.3 Å². The quantitative estimate of drug-likeness (QED) is 0.288. The minimum atomic E-state index is -0.627. The maximum Gasteiger partial charge on any atom is 0.288 e. The summed E-state index contributed by atoms with van der Waals surface area (Å²) in [5.41, 5.74) is 0.172. The lowest BCUT2D eigenvalue weighted by Gasteiger charge is -2.03. The van der Waals surface area contributed by atoms with Crippen LogP contribution in [0.3, 0.4) is 0 Å². The summed E-state index contributed by atoms with van der Waals surface area (Å²) in [5, 5.41) is 20.5. The largest absolute Gasteiger partial charge is 0.457 e. The van der Waals surface area contributed by atoms with Gasteiger partial charge in [-0.3, -0.25) is 10.1 Å². The van der Waals surface area contributed by atoms with E-state index in [4.69, 9.17) is 27.6 Å². The third-order valence-corrected chi connectivity index (χ3v) is 4.31. The molecule has 5 nitrogen and oxygen atoms in total. The monoisotopic (exact) mass is 402 g/mol. The summed E-state index contributed by atoms with van der Waals surface area (Å²) in [5.74, 6) is -0.0243. The molecule has 0 saturated heterocycles. The van der Waals surface area contributed by atoms with Gasteiger partial charge in [0.2, 0.25) is 0 Å². The van der Waals surface area contributed by atoms with Gasteiger partial charge in [-0.2, -0.15) is 5.26 Å². The van der Waals surface area contributed by atoms with Crippen molar-refractivity contribution in [3.05, 3.63) is 85.8 Å². The highest BCUT2D eigenvalue weighted by Crippen LogP contribution is 2.37. The van der Waals surface area contributed by atoms with Gasteiger partial charge in [-0.05, 0) is 30.3 Å². The van der Waals surface area contributed by atoms with Crippen LogP contribution in [-0.2, 0) is 0 Å². The summed E-state index contributed by atoms with van der Waals surface area (Å²) in [6.07, 6.45) is 1.38. The first-order valence-electron chi connectivity index (χ1n) is 7.51. The number of hydrogen-bond acceptors (Lipinski definition) is 4. The molecule has 0 atom stereocenters. The van der Waals surface area contributed by atoms with Crippen LogP contribution < -0.4 is 0 Å². The number of nitrogens with zero attached hydrogens (tertiary/aromatic N) is 2. The predicted octanol–water partition coefficient (Wildman–Crippen LogP) is 6.36. The van der Waals surface area contributed by atoms with Gasteiger partial charge in [0.15, 0.2) is 0 Å². The van der Waals surface area contributed by atoms with Gasteiger partial charge < -0.3 is 4.42 Å². The van der Waals surface area contributed by atoms with E-state index in [2.05, 4.69) is 0 Å². The van der Waals surface area contributed by atoms with E-state index in [1.165, 1.54) is 36.4 Å². The fourth-order valence-electron chi connectivity index (χ4n) is 2.43. The second-order valence-corrected chi connectivity index (χ2v) is 6.21. The Bertz CT molecular complexity index is 1120. The molecule has 2 aromatic carbocycles. The first-order chi connectivity index (χ1) is 12.9. The zero-order valence-corrected chi connectivity index (χ0v) is 15.0. The molecule has 3 rings (SSSR count). The Balaban J connectivity index is 2.03. The molecule has 134 valence electrons. The minimum absolute atomic E-state index is 0.0715. The van der Waals surface area contributed by atoms with Crippen molar-refractivity contribution in [1.82, 2.24) is 0 Å². The Hall–Kier alpha value is -3.14. The average Bonchev–Trinajstić information content (AvgIpc) is 3.08. The summed E-state index contributed by atoms with van der Waals surface area (Å²) in [4.78, 5) is 10.4. The number of nitro groups is 1. The molecular formula is C19H9Cl2FN2O3. The van der Waals surface area contributed by atoms with E-state index in [-0.39, 0.29) is 44.0 Å². The molecule has 0 aliphatic rings. The van der Waals surface area contributed by atoms with Gasteiger partial charge in [-0.15, -0.1) is 0 Å². The van der Waals surface area contributed by atoms with Gasteiger partial charge in [-0.25, -0.2) is 4.39 Å². The molecule has 8 heteroatoms. The highest BCUT2D eigenvalue weighted by molar-refractivity contribution is 6.37. The topological polar surface area (TPSA) is 80.1 Å². The van der Waals surface area contributed by atoms with Crippen LogP contribution in [0, 0.1) is 27.3 Å². The SMILES string of the molecule is N#CC(=Cc1ccc(-c2cc([N+](=O)[O-])c(Cl)cc2Cl)o1)c1ccccc1F. The number of rotatable bonds is 4. The van der Waals surface area contributed by atoms with Crippen molar-refractivity contribution in [2.75, 3.05) is 0 Å². The standard InChI is InChI=1S/C19H9Cl2FN2O3/c20-15-9-16(21)18(24(25)26)8-14(15)19-6-5-12(27-19)7-11(10-23)13-3-1-2-4-17(13)22/h1-9H. The smallest absolute Gasteiger partial charge is 0.288 e. The van der Waals surface area contributed by atoms with Gasteiger partial charge in [0.1, 0.15) is 22.4 Å². The lowest BCUT2D eigenvalue weighted by Crippen LogP contribution is -1.90. The van der Waals surface area contributed by atoms with E-state index in [1.54, 1.807) is 18.2 Å². The third kappa shape index (κ3) is 3.85. The number of hydrogen-bond donors (Lipinski definition) is 0. The molecule has 0 saturated carbocycles. The van der Waals surface area contributed by atoms with Crippen molar-refractivity contribution in [3.63, 3.8) is 0 Å². The summed E-state index contributed by atoms with van der Waals surface area (Å²) in [6, 6.07) is 13.3. The molecule has 27 heavy (non-hydrogen) atoms. The first-order valence-corrected chi connectivity index (χ1v) is 8.26. The van der Waals surface area contributed by atoms with Gasteiger partial charge in [0.25, 0.3) is 5.69 Å². The van der Waals surface area contributed by atoms with E-state index in [0.29, 0.717) is 0 Å². The molecule has 0 aliphatic heterocycles. The Labute approximate surface area is 163 Å². The predicted molar refractivity (Wildman–Crippen MR) is 101 cm³/mol. The zero-order valence-electron chi connectivity index (χ0n) is 13.4. The maximum atomic E-state index is 13.9. The van der Waals surface area contributed by atoms with E-state index in [1.807, 2.05) is 6.07 Å². The van der Waals surface area contributed by atoms with Gasteiger partial charge in [0.05, 0.1) is 21.6 Å².